The van der Waals surface area contributed by atoms with E-state index in [0.29, 0.717) is 5.69 Å². The SMILES string of the molecule is Cc1ccc(N(CCC#N)S(=O)(=O)c2ccc3ccccc3c2)cc1. The highest BCUT2D eigenvalue weighted by atomic mass is 32.2. The van der Waals surface area contributed by atoms with Crippen LogP contribution < -0.4 is 4.31 Å². The number of rotatable bonds is 5. The van der Waals surface area contributed by atoms with Crippen molar-refractivity contribution in [3.63, 3.8) is 0 Å². The van der Waals surface area contributed by atoms with Crippen LogP contribution in [0.5, 0.6) is 0 Å². The van der Waals surface area contributed by atoms with Gasteiger partial charge in [0.15, 0.2) is 0 Å². The highest BCUT2D eigenvalue weighted by molar-refractivity contribution is 7.92. The maximum Gasteiger partial charge on any atom is 0.264 e. The van der Waals surface area contributed by atoms with E-state index < -0.39 is 10.0 Å². The van der Waals surface area contributed by atoms with E-state index in [0.717, 1.165) is 16.3 Å². The Morgan fingerprint density at radius 3 is 2.32 bits per heavy atom. The summed E-state index contributed by atoms with van der Waals surface area (Å²) in [5.41, 5.74) is 1.61. The van der Waals surface area contributed by atoms with Crippen LogP contribution in [0.4, 0.5) is 5.69 Å². The van der Waals surface area contributed by atoms with Gasteiger partial charge in [0.05, 0.1) is 23.1 Å². The zero-order valence-corrected chi connectivity index (χ0v) is 14.7. The van der Waals surface area contributed by atoms with E-state index in [1.54, 1.807) is 30.3 Å². The normalized spacial score (nSPS) is 11.2. The van der Waals surface area contributed by atoms with E-state index in [1.807, 2.05) is 49.4 Å². The summed E-state index contributed by atoms with van der Waals surface area (Å²) in [6, 6.07) is 22.0. The van der Waals surface area contributed by atoms with Crippen LogP contribution >= 0.6 is 0 Å². The highest BCUT2D eigenvalue weighted by Crippen LogP contribution is 2.26. The van der Waals surface area contributed by atoms with Crippen molar-refractivity contribution in [2.24, 2.45) is 0 Å². The average molecular weight is 350 g/mol. The van der Waals surface area contributed by atoms with Crippen LogP contribution in [0.1, 0.15) is 12.0 Å². The number of hydrogen-bond donors (Lipinski definition) is 0. The predicted molar refractivity (Wildman–Crippen MR) is 99.9 cm³/mol. The first-order chi connectivity index (χ1) is 12.0. The molecule has 0 aliphatic carbocycles. The number of aryl methyl sites for hydroxylation is 1. The minimum Gasteiger partial charge on any atom is -0.265 e. The summed E-state index contributed by atoms with van der Waals surface area (Å²) in [5.74, 6) is 0. The molecule has 0 spiro atoms. The predicted octanol–water partition coefficient (Wildman–Crippen LogP) is 4.26. The van der Waals surface area contributed by atoms with Crippen molar-refractivity contribution in [1.29, 1.82) is 5.26 Å². The zero-order valence-electron chi connectivity index (χ0n) is 13.9. The van der Waals surface area contributed by atoms with Gasteiger partial charge in [-0.25, -0.2) is 8.42 Å². The number of benzene rings is 3. The van der Waals surface area contributed by atoms with Crippen molar-refractivity contribution < 1.29 is 8.42 Å². The molecule has 3 rings (SSSR count). The van der Waals surface area contributed by atoms with Gasteiger partial charge in [0.25, 0.3) is 10.0 Å². The van der Waals surface area contributed by atoms with Gasteiger partial charge >= 0.3 is 0 Å². The highest BCUT2D eigenvalue weighted by Gasteiger charge is 2.24. The fourth-order valence-corrected chi connectivity index (χ4v) is 4.21. The molecule has 3 aromatic rings. The Hall–Kier alpha value is -2.84. The van der Waals surface area contributed by atoms with Crippen LogP contribution in [0.2, 0.25) is 0 Å². The molecule has 0 saturated carbocycles. The molecular formula is C20H18N2O2S. The first-order valence-electron chi connectivity index (χ1n) is 7.97. The van der Waals surface area contributed by atoms with Crippen LogP contribution in [-0.4, -0.2) is 15.0 Å². The molecular weight excluding hydrogens is 332 g/mol. The first kappa shape index (κ1) is 17.0. The Bertz CT molecular complexity index is 1040. The number of nitrogens with zero attached hydrogens (tertiary/aromatic N) is 2. The second-order valence-corrected chi connectivity index (χ2v) is 7.69. The largest absolute Gasteiger partial charge is 0.265 e. The van der Waals surface area contributed by atoms with Gasteiger partial charge in [-0.2, -0.15) is 5.26 Å². The lowest BCUT2D eigenvalue weighted by Crippen LogP contribution is -2.31. The summed E-state index contributed by atoms with van der Waals surface area (Å²) in [7, 11) is -3.75. The second kappa shape index (κ2) is 6.96. The van der Waals surface area contributed by atoms with Gasteiger partial charge in [-0.15, -0.1) is 0 Å². The van der Waals surface area contributed by atoms with Crippen LogP contribution in [0, 0.1) is 18.3 Å². The lowest BCUT2D eigenvalue weighted by molar-refractivity contribution is 0.591. The van der Waals surface area contributed by atoms with E-state index in [1.165, 1.54) is 4.31 Å². The summed E-state index contributed by atoms with van der Waals surface area (Å²) >= 11 is 0. The number of anilines is 1. The van der Waals surface area contributed by atoms with E-state index in [4.69, 9.17) is 5.26 Å². The lowest BCUT2D eigenvalue weighted by atomic mass is 10.1. The van der Waals surface area contributed by atoms with Crippen molar-refractivity contribution in [1.82, 2.24) is 0 Å². The fourth-order valence-electron chi connectivity index (χ4n) is 2.71. The third-order valence-electron chi connectivity index (χ3n) is 4.06. The number of hydrogen-bond acceptors (Lipinski definition) is 3. The Morgan fingerprint density at radius 2 is 1.64 bits per heavy atom. The molecule has 0 saturated heterocycles. The van der Waals surface area contributed by atoms with Crippen molar-refractivity contribution in [3.05, 3.63) is 72.3 Å². The molecule has 0 fully saturated rings. The molecule has 0 aromatic heterocycles. The number of sulfonamides is 1. The van der Waals surface area contributed by atoms with Crippen molar-refractivity contribution >= 4 is 26.5 Å². The monoisotopic (exact) mass is 350 g/mol. The van der Waals surface area contributed by atoms with E-state index in [2.05, 4.69) is 0 Å². The molecule has 0 unspecified atom stereocenters. The van der Waals surface area contributed by atoms with Crippen LogP contribution in [0.15, 0.2) is 71.6 Å². The molecule has 25 heavy (non-hydrogen) atoms. The molecule has 0 atom stereocenters. The van der Waals surface area contributed by atoms with Gasteiger partial charge in [-0.05, 0) is 42.0 Å². The molecule has 126 valence electrons. The summed E-state index contributed by atoms with van der Waals surface area (Å²) in [6.07, 6.45) is 0.126. The summed E-state index contributed by atoms with van der Waals surface area (Å²) < 4.78 is 27.7. The third-order valence-corrected chi connectivity index (χ3v) is 5.88. The zero-order chi connectivity index (χ0) is 17.9. The van der Waals surface area contributed by atoms with Crippen LogP contribution in [-0.2, 0) is 10.0 Å². The van der Waals surface area contributed by atoms with Gasteiger partial charge in [0, 0.05) is 6.54 Å². The topological polar surface area (TPSA) is 61.2 Å². The molecule has 0 amide bonds. The summed E-state index contributed by atoms with van der Waals surface area (Å²) in [4.78, 5) is 0.227. The van der Waals surface area contributed by atoms with E-state index in [-0.39, 0.29) is 17.9 Å². The van der Waals surface area contributed by atoms with Crippen molar-refractivity contribution in [2.75, 3.05) is 10.8 Å². The minimum atomic E-state index is -3.75. The van der Waals surface area contributed by atoms with Gasteiger partial charge in [-0.1, -0.05) is 48.0 Å². The molecule has 0 bridgehead atoms. The summed E-state index contributed by atoms with van der Waals surface area (Å²) in [5, 5.41) is 10.8. The average Bonchev–Trinajstić information content (AvgIpc) is 2.63. The summed E-state index contributed by atoms with van der Waals surface area (Å²) in [6.45, 7) is 2.07. The van der Waals surface area contributed by atoms with Gasteiger partial charge in [0.1, 0.15) is 0 Å². The van der Waals surface area contributed by atoms with Gasteiger partial charge in [-0.3, -0.25) is 4.31 Å². The molecule has 0 aliphatic rings. The Morgan fingerprint density at radius 1 is 0.960 bits per heavy atom. The molecule has 0 heterocycles. The lowest BCUT2D eigenvalue weighted by Gasteiger charge is -2.24. The molecule has 0 aliphatic heterocycles. The fraction of sp³-hybridized carbons (Fsp3) is 0.150. The van der Waals surface area contributed by atoms with Crippen LogP contribution in [0.3, 0.4) is 0 Å². The standard InChI is InChI=1S/C20H18N2O2S/c1-16-7-10-19(11-8-16)22(14-4-13-21)25(23,24)20-12-9-17-5-2-3-6-18(17)15-20/h2-3,5-12,15H,4,14H2,1H3. The van der Waals surface area contributed by atoms with Crippen LogP contribution in [0.25, 0.3) is 10.8 Å². The minimum absolute atomic E-state index is 0.120. The maximum atomic E-state index is 13.2. The molecule has 3 aromatic carbocycles. The van der Waals surface area contributed by atoms with Crippen molar-refractivity contribution in [2.45, 2.75) is 18.2 Å². The Labute approximate surface area is 148 Å². The van der Waals surface area contributed by atoms with Crippen molar-refractivity contribution in [3.8, 4) is 6.07 Å². The van der Waals surface area contributed by atoms with E-state index in [9.17, 15) is 8.42 Å². The molecule has 0 radical (unpaired) electrons. The maximum absolute atomic E-state index is 13.2. The number of fused-ring (bicyclic) bond motifs is 1. The third kappa shape index (κ3) is 3.49. The smallest absolute Gasteiger partial charge is 0.264 e. The number of nitriles is 1. The molecule has 4 nitrogen and oxygen atoms in total. The Kier molecular flexibility index (Phi) is 4.73. The second-order valence-electron chi connectivity index (χ2n) is 5.83. The van der Waals surface area contributed by atoms with Gasteiger partial charge < -0.3 is 0 Å². The van der Waals surface area contributed by atoms with Gasteiger partial charge in [0.2, 0.25) is 0 Å². The molecule has 0 N–H and O–H groups in total. The van der Waals surface area contributed by atoms with E-state index >= 15 is 0 Å². The first-order valence-corrected chi connectivity index (χ1v) is 9.41. The molecule has 5 heteroatoms. The Balaban J connectivity index is 2.08. The quantitative estimate of drug-likeness (QED) is 0.691.